The lowest BCUT2D eigenvalue weighted by molar-refractivity contribution is -0.384. The molecule has 7 heteroatoms. The molecule has 3 N–H and O–H groups in total. The molecule has 1 unspecified atom stereocenters. The molecule has 1 aromatic rings. The normalized spacial score (nSPS) is 12.0. The summed E-state index contributed by atoms with van der Waals surface area (Å²) in [6.07, 6.45) is 1.08. The summed E-state index contributed by atoms with van der Waals surface area (Å²) in [5, 5.41) is 25.6. The van der Waals surface area contributed by atoms with E-state index in [2.05, 4.69) is 10.6 Å². The van der Waals surface area contributed by atoms with Gasteiger partial charge in [0.25, 0.3) is 5.69 Å². The third-order valence-corrected chi connectivity index (χ3v) is 3.38. The number of hydrogen-bond donors (Lipinski definition) is 3. The van der Waals surface area contributed by atoms with Gasteiger partial charge in [0.1, 0.15) is 0 Å². The molecule has 0 aliphatic rings. The summed E-state index contributed by atoms with van der Waals surface area (Å²) in [4.78, 5) is 21.8. The van der Waals surface area contributed by atoms with Gasteiger partial charge in [-0.15, -0.1) is 0 Å². The molecule has 1 rings (SSSR count). The Morgan fingerprint density at radius 2 is 2.05 bits per heavy atom. The van der Waals surface area contributed by atoms with E-state index in [0.29, 0.717) is 5.69 Å². The largest absolute Gasteiger partial charge is 0.391 e. The molecule has 0 heterocycles. The van der Waals surface area contributed by atoms with Gasteiger partial charge in [-0.3, -0.25) is 10.1 Å². The fraction of sp³-hybridized carbons (Fsp3) is 0.500. The highest BCUT2D eigenvalue weighted by Gasteiger charge is 2.16. The van der Waals surface area contributed by atoms with Gasteiger partial charge in [0.2, 0.25) is 0 Å². The minimum Gasteiger partial charge on any atom is -0.391 e. The third kappa shape index (κ3) is 5.39. The van der Waals surface area contributed by atoms with Crippen LogP contribution in [0.2, 0.25) is 0 Å². The van der Waals surface area contributed by atoms with E-state index in [-0.39, 0.29) is 18.2 Å². The number of carbonyl (C=O) groups is 1. The maximum atomic E-state index is 11.7. The molecule has 0 aliphatic carbocycles. The fourth-order valence-corrected chi connectivity index (χ4v) is 2.07. The highest BCUT2D eigenvalue weighted by molar-refractivity contribution is 5.89. The van der Waals surface area contributed by atoms with Crippen LogP contribution in [-0.2, 0) is 0 Å². The minimum atomic E-state index is -0.601. The van der Waals surface area contributed by atoms with Gasteiger partial charge in [-0.1, -0.05) is 32.8 Å². The smallest absolute Gasteiger partial charge is 0.319 e. The van der Waals surface area contributed by atoms with Gasteiger partial charge in [0.15, 0.2) is 0 Å². The highest BCUT2D eigenvalue weighted by Crippen LogP contribution is 2.17. The van der Waals surface area contributed by atoms with E-state index >= 15 is 0 Å². The Morgan fingerprint density at radius 3 is 2.62 bits per heavy atom. The van der Waals surface area contributed by atoms with Crippen molar-refractivity contribution in [3.63, 3.8) is 0 Å². The Morgan fingerprint density at radius 1 is 1.38 bits per heavy atom. The zero-order valence-corrected chi connectivity index (χ0v) is 12.2. The molecule has 0 aliphatic heterocycles. The van der Waals surface area contributed by atoms with E-state index in [1.165, 1.54) is 18.2 Å². The zero-order chi connectivity index (χ0) is 15.8. The van der Waals surface area contributed by atoms with Crippen LogP contribution in [0.3, 0.4) is 0 Å². The lowest BCUT2D eigenvalue weighted by Gasteiger charge is -2.20. The molecule has 7 nitrogen and oxygen atoms in total. The molecule has 0 spiro atoms. The van der Waals surface area contributed by atoms with Crippen LogP contribution in [0.25, 0.3) is 0 Å². The maximum absolute atomic E-state index is 11.7. The van der Waals surface area contributed by atoms with Crippen LogP contribution in [0.4, 0.5) is 16.2 Å². The van der Waals surface area contributed by atoms with Crippen molar-refractivity contribution < 1.29 is 14.8 Å². The van der Waals surface area contributed by atoms with Crippen LogP contribution >= 0.6 is 0 Å². The van der Waals surface area contributed by atoms with Gasteiger partial charge in [-0.25, -0.2) is 4.79 Å². The van der Waals surface area contributed by atoms with Crippen LogP contribution in [0.15, 0.2) is 24.3 Å². The van der Waals surface area contributed by atoms with Crippen molar-refractivity contribution in [2.75, 3.05) is 11.9 Å². The molecule has 0 saturated heterocycles. The van der Waals surface area contributed by atoms with Crippen LogP contribution in [0.1, 0.15) is 26.7 Å². The second kappa shape index (κ2) is 8.21. The van der Waals surface area contributed by atoms with Crippen molar-refractivity contribution in [2.24, 2.45) is 5.92 Å². The number of aliphatic hydroxyl groups is 1. The topological polar surface area (TPSA) is 104 Å². The standard InChI is InChI=1S/C14H21N3O4/c1-3-10(4-2)13(18)9-15-14(19)16-11-6-5-7-12(8-11)17(20)21/h5-8,10,13,18H,3-4,9H2,1-2H3,(H2,15,16,19). The number of aliphatic hydroxyl groups excluding tert-OH is 1. The van der Waals surface area contributed by atoms with E-state index < -0.39 is 17.1 Å². The number of hydrogen-bond acceptors (Lipinski definition) is 4. The van der Waals surface area contributed by atoms with Crippen LogP contribution < -0.4 is 10.6 Å². The Labute approximate surface area is 123 Å². The Balaban J connectivity index is 2.50. The number of nitro benzene ring substituents is 1. The molecule has 21 heavy (non-hydrogen) atoms. The number of benzene rings is 1. The summed E-state index contributed by atoms with van der Waals surface area (Å²) in [6.45, 7) is 4.12. The van der Waals surface area contributed by atoms with Crippen LogP contribution in [0.5, 0.6) is 0 Å². The highest BCUT2D eigenvalue weighted by atomic mass is 16.6. The number of urea groups is 1. The summed E-state index contributed by atoms with van der Waals surface area (Å²) in [6, 6.07) is 5.17. The summed E-state index contributed by atoms with van der Waals surface area (Å²) in [7, 11) is 0. The van der Waals surface area contributed by atoms with Crippen molar-refractivity contribution in [1.29, 1.82) is 0 Å². The first-order valence-corrected chi connectivity index (χ1v) is 6.95. The predicted molar refractivity (Wildman–Crippen MR) is 80.2 cm³/mol. The molecule has 0 radical (unpaired) electrons. The quantitative estimate of drug-likeness (QED) is 0.531. The van der Waals surface area contributed by atoms with Gasteiger partial charge in [0, 0.05) is 24.4 Å². The number of nitro groups is 1. The molecular weight excluding hydrogens is 274 g/mol. The summed E-state index contributed by atoms with van der Waals surface area (Å²) >= 11 is 0. The third-order valence-electron chi connectivity index (χ3n) is 3.38. The van der Waals surface area contributed by atoms with E-state index in [1.54, 1.807) is 6.07 Å². The van der Waals surface area contributed by atoms with Crippen LogP contribution in [-0.4, -0.2) is 28.7 Å². The van der Waals surface area contributed by atoms with Crippen molar-refractivity contribution >= 4 is 17.4 Å². The number of nitrogens with one attached hydrogen (secondary N) is 2. The molecule has 0 fully saturated rings. The first-order valence-electron chi connectivity index (χ1n) is 6.95. The molecule has 0 bridgehead atoms. The van der Waals surface area contributed by atoms with E-state index in [1.807, 2.05) is 13.8 Å². The molecule has 1 atom stereocenters. The number of non-ortho nitro benzene ring substituents is 1. The molecule has 1 aromatic carbocycles. The van der Waals surface area contributed by atoms with E-state index in [4.69, 9.17) is 0 Å². The van der Waals surface area contributed by atoms with E-state index in [9.17, 15) is 20.0 Å². The number of carbonyl (C=O) groups excluding carboxylic acids is 1. The molecule has 0 saturated carbocycles. The Kier molecular flexibility index (Phi) is 6.61. The second-order valence-corrected chi connectivity index (χ2v) is 4.79. The lowest BCUT2D eigenvalue weighted by Crippen LogP contribution is -2.38. The lowest BCUT2D eigenvalue weighted by atomic mass is 9.97. The molecule has 0 aromatic heterocycles. The summed E-state index contributed by atoms with van der Waals surface area (Å²) < 4.78 is 0. The monoisotopic (exact) mass is 295 g/mol. The average molecular weight is 295 g/mol. The van der Waals surface area contributed by atoms with Gasteiger partial charge < -0.3 is 15.7 Å². The molecular formula is C14H21N3O4. The van der Waals surface area contributed by atoms with E-state index in [0.717, 1.165) is 12.8 Å². The van der Waals surface area contributed by atoms with Crippen molar-refractivity contribution in [3.05, 3.63) is 34.4 Å². The fourth-order valence-electron chi connectivity index (χ4n) is 2.07. The minimum absolute atomic E-state index is 0.0927. The van der Waals surface area contributed by atoms with Gasteiger partial charge >= 0.3 is 6.03 Å². The first kappa shape index (κ1) is 16.9. The Hall–Kier alpha value is -2.15. The number of nitrogens with zero attached hydrogens (tertiary/aromatic N) is 1. The number of rotatable bonds is 7. The van der Waals surface area contributed by atoms with Gasteiger partial charge in [-0.2, -0.15) is 0 Å². The second-order valence-electron chi connectivity index (χ2n) is 4.79. The van der Waals surface area contributed by atoms with Crippen molar-refractivity contribution in [3.8, 4) is 0 Å². The average Bonchev–Trinajstić information content (AvgIpc) is 2.46. The van der Waals surface area contributed by atoms with Gasteiger partial charge in [0.05, 0.1) is 11.0 Å². The summed E-state index contributed by atoms with van der Waals surface area (Å²) in [5.74, 6) is 0.142. The summed E-state index contributed by atoms with van der Waals surface area (Å²) in [5.41, 5.74) is 0.239. The van der Waals surface area contributed by atoms with Gasteiger partial charge in [-0.05, 0) is 12.0 Å². The Bertz CT molecular complexity index is 489. The SMILES string of the molecule is CCC(CC)C(O)CNC(=O)Nc1cccc([N+](=O)[O-])c1. The van der Waals surface area contributed by atoms with Crippen molar-refractivity contribution in [1.82, 2.24) is 5.32 Å². The maximum Gasteiger partial charge on any atom is 0.319 e. The number of amides is 2. The number of anilines is 1. The molecule has 2 amide bonds. The predicted octanol–water partition coefficient (Wildman–Crippen LogP) is 2.51. The first-order chi connectivity index (χ1) is 9.97. The molecule has 116 valence electrons. The zero-order valence-electron chi connectivity index (χ0n) is 12.2. The van der Waals surface area contributed by atoms with Crippen LogP contribution in [0, 0.1) is 16.0 Å². The van der Waals surface area contributed by atoms with Crippen molar-refractivity contribution in [2.45, 2.75) is 32.8 Å².